The lowest BCUT2D eigenvalue weighted by atomic mass is 10.2. The van der Waals surface area contributed by atoms with Crippen LogP contribution in [0.4, 0.5) is 9.52 Å². The van der Waals surface area contributed by atoms with Gasteiger partial charge in [0.2, 0.25) is 5.91 Å². The Morgan fingerprint density at radius 1 is 1.26 bits per heavy atom. The quantitative estimate of drug-likeness (QED) is 0.591. The number of morpholine rings is 1. The summed E-state index contributed by atoms with van der Waals surface area (Å²) in [6.45, 7) is 6.64. The standard InChI is InChI=1S/C22H25FN4O3S/c1-14-10-27(11-15(2)29-14)12-18-13-31-22(25-18)26-20(28)7-8-21-24-9-19(30-21)16-3-5-17(23)6-4-16/h3-6,9,13-15H,7-8,10-12H2,1-2H3,(H,25,26,28)/t14-,15-/m1/s1. The van der Waals surface area contributed by atoms with Crippen molar-refractivity contribution in [3.63, 3.8) is 0 Å². The Hall–Kier alpha value is -2.62. The second kappa shape index (κ2) is 9.67. The number of halogens is 1. The molecular weight excluding hydrogens is 419 g/mol. The number of nitrogens with one attached hydrogen (secondary N) is 1. The van der Waals surface area contributed by atoms with E-state index < -0.39 is 0 Å². The fourth-order valence-electron chi connectivity index (χ4n) is 3.66. The first-order valence-electron chi connectivity index (χ1n) is 10.3. The predicted octanol–water partition coefficient (Wildman–Crippen LogP) is 4.12. The van der Waals surface area contributed by atoms with Crippen molar-refractivity contribution in [2.75, 3.05) is 18.4 Å². The Morgan fingerprint density at radius 3 is 2.74 bits per heavy atom. The van der Waals surface area contributed by atoms with E-state index >= 15 is 0 Å². The van der Waals surface area contributed by atoms with Crippen LogP contribution in [0.5, 0.6) is 0 Å². The van der Waals surface area contributed by atoms with E-state index in [-0.39, 0.29) is 30.4 Å². The molecular formula is C22H25FN4O3S. The van der Waals surface area contributed by atoms with E-state index in [1.807, 2.05) is 5.38 Å². The molecule has 2 aromatic heterocycles. The number of ether oxygens (including phenoxy) is 1. The van der Waals surface area contributed by atoms with Gasteiger partial charge in [-0.3, -0.25) is 9.69 Å². The molecule has 0 bridgehead atoms. The van der Waals surface area contributed by atoms with Gasteiger partial charge in [-0.15, -0.1) is 11.3 Å². The topological polar surface area (TPSA) is 80.5 Å². The van der Waals surface area contributed by atoms with Gasteiger partial charge in [-0.1, -0.05) is 0 Å². The van der Waals surface area contributed by atoms with Crippen molar-refractivity contribution in [2.45, 2.75) is 45.4 Å². The van der Waals surface area contributed by atoms with Gasteiger partial charge >= 0.3 is 0 Å². The Bertz CT molecular complexity index is 1010. The number of anilines is 1. The van der Waals surface area contributed by atoms with Crippen LogP contribution in [-0.2, 0) is 22.5 Å². The lowest BCUT2D eigenvalue weighted by Gasteiger charge is -2.34. The van der Waals surface area contributed by atoms with Gasteiger partial charge in [0, 0.05) is 43.4 Å². The average molecular weight is 445 g/mol. The second-order valence-corrected chi connectivity index (χ2v) is 8.63. The normalized spacial score (nSPS) is 19.5. The Morgan fingerprint density at radius 2 is 2.00 bits per heavy atom. The molecule has 0 aliphatic carbocycles. The minimum Gasteiger partial charge on any atom is -0.441 e. The number of carbonyl (C=O) groups is 1. The van der Waals surface area contributed by atoms with Crippen LogP contribution in [0, 0.1) is 5.82 Å². The first-order valence-corrected chi connectivity index (χ1v) is 11.2. The van der Waals surface area contributed by atoms with Crippen LogP contribution in [0.15, 0.2) is 40.3 Å². The third-order valence-electron chi connectivity index (χ3n) is 4.93. The van der Waals surface area contributed by atoms with Crippen LogP contribution < -0.4 is 5.32 Å². The Labute approximate surface area is 184 Å². The van der Waals surface area contributed by atoms with Gasteiger partial charge in [0.1, 0.15) is 5.82 Å². The monoisotopic (exact) mass is 444 g/mol. The minimum atomic E-state index is -0.306. The number of hydrogen-bond acceptors (Lipinski definition) is 7. The zero-order valence-electron chi connectivity index (χ0n) is 17.5. The Balaban J connectivity index is 1.25. The average Bonchev–Trinajstić information content (AvgIpc) is 3.36. The molecule has 4 rings (SSSR count). The summed E-state index contributed by atoms with van der Waals surface area (Å²) in [5, 5.41) is 5.41. The Kier molecular flexibility index (Phi) is 6.74. The number of aromatic nitrogens is 2. The maximum absolute atomic E-state index is 13.0. The molecule has 0 spiro atoms. The zero-order valence-corrected chi connectivity index (χ0v) is 18.3. The highest BCUT2D eigenvalue weighted by Crippen LogP contribution is 2.22. The summed E-state index contributed by atoms with van der Waals surface area (Å²) in [4.78, 5) is 23.4. The summed E-state index contributed by atoms with van der Waals surface area (Å²) in [5.74, 6) is 0.562. The molecule has 164 valence electrons. The number of oxazole rings is 1. The second-order valence-electron chi connectivity index (χ2n) is 7.77. The summed E-state index contributed by atoms with van der Waals surface area (Å²) < 4.78 is 24.5. The molecule has 0 unspecified atom stereocenters. The van der Waals surface area contributed by atoms with E-state index in [0.29, 0.717) is 23.2 Å². The van der Waals surface area contributed by atoms with Gasteiger partial charge in [-0.05, 0) is 38.1 Å². The van der Waals surface area contributed by atoms with Crippen molar-refractivity contribution in [2.24, 2.45) is 0 Å². The molecule has 1 aromatic carbocycles. The molecule has 0 saturated carbocycles. The van der Waals surface area contributed by atoms with Gasteiger partial charge in [-0.25, -0.2) is 14.4 Å². The molecule has 7 nitrogen and oxygen atoms in total. The first kappa shape index (κ1) is 21.6. The van der Waals surface area contributed by atoms with Crippen LogP contribution in [0.25, 0.3) is 11.3 Å². The van der Waals surface area contributed by atoms with Crippen LogP contribution in [-0.4, -0.2) is 46.1 Å². The summed E-state index contributed by atoms with van der Waals surface area (Å²) in [7, 11) is 0. The van der Waals surface area contributed by atoms with Crippen LogP contribution >= 0.6 is 11.3 Å². The van der Waals surface area contributed by atoms with Gasteiger partial charge in [0.05, 0.1) is 24.1 Å². The molecule has 3 aromatic rings. The molecule has 2 atom stereocenters. The molecule has 9 heteroatoms. The maximum atomic E-state index is 13.0. The number of nitrogens with zero attached hydrogens (tertiary/aromatic N) is 3. The third kappa shape index (κ3) is 5.96. The molecule has 3 heterocycles. The number of thiazole rings is 1. The lowest BCUT2D eigenvalue weighted by Crippen LogP contribution is -2.44. The third-order valence-corrected chi connectivity index (χ3v) is 5.73. The van der Waals surface area contributed by atoms with Gasteiger partial charge in [-0.2, -0.15) is 0 Å². The number of amides is 1. The van der Waals surface area contributed by atoms with Crippen LogP contribution in [0.2, 0.25) is 0 Å². The molecule has 1 fully saturated rings. The van der Waals surface area contributed by atoms with Crippen LogP contribution in [0.1, 0.15) is 31.9 Å². The van der Waals surface area contributed by atoms with Crippen molar-refractivity contribution < 1.29 is 18.3 Å². The fourth-order valence-corrected chi connectivity index (χ4v) is 4.37. The van der Waals surface area contributed by atoms with Gasteiger partial charge in [0.25, 0.3) is 0 Å². The van der Waals surface area contributed by atoms with Crippen molar-refractivity contribution in [3.8, 4) is 11.3 Å². The summed E-state index contributed by atoms with van der Waals surface area (Å²) >= 11 is 1.42. The highest BCUT2D eigenvalue weighted by Gasteiger charge is 2.22. The number of hydrogen-bond donors (Lipinski definition) is 1. The molecule has 1 aliphatic heterocycles. The van der Waals surface area contributed by atoms with E-state index in [4.69, 9.17) is 9.15 Å². The highest BCUT2D eigenvalue weighted by atomic mass is 32.1. The summed E-state index contributed by atoms with van der Waals surface area (Å²) in [6, 6.07) is 6.00. The molecule has 1 saturated heterocycles. The van der Waals surface area contributed by atoms with E-state index in [0.717, 1.165) is 30.9 Å². The number of aryl methyl sites for hydroxylation is 1. The summed E-state index contributed by atoms with van der Waals surface area (Å²) in [6.07, 6.45) is 2.60. The van der Waals surface area contributed by atoms with Gasteiger partial charge in [0.15, 0.2) is 16.8 Å². The van der Waals surface area contributed by atoms with Crippen LogP contribution in [0.3, 0.4) is 0 Å². The van der Waals surface area contributed by atoms with Crippen molar-refractivity contribution >= 4 is 22.4 Å². The molecule has 0 radical (unpaired) electrons. The molecule has 1 N–H and O–H groups in total. The number of carbonyl (C=O) groups excluding carboxylic acids is 1. The van der Waals surface area contributed by atoms with E-state index in [1.165, 1.54) is 23.5 Å². The van der Waals surface area contributed by atoms with Crippen molar-refractivity contribution in [3.05, 3.63) is 53.2 Å². The lowest BCUT2D eigenvalue weighted by molar-refractivity contribution is -0.116. The number of rotatable bonds is 7. The van der Waals surface area contributed by atoms with Crippen molar-refractivity contribution in [1.29, 1.82) is 0 Å². The molecule has 1 aliphatic rings. The zero-order chi connectivity index (χ0) is 21.8. The molecule has 31 heavy (non-hydrogen) atoms. The first-order chi connectivity index (χ1) is 14.9. The minimum absolute atomic E-state index is 0.143. The van der Waals surface area contributed by atoms with E-state index in [9.17, 15) is 9.18 Å². The fraction of sp³-hybridized carbons (Fsp3) is 0.409. The number of benzene rings is 1. The maximum Gasteiger partial charge on any atom is 0.226 e. The van der Waals surface area contributed by atoms with Gasteiger partial charge < -0.3 is 14.5 Å². The highest BCUT2D eigenvalue weighted by molar-refractivity contribution is 7.13. The SMILES string of the molecule is C[C@@H]1CN(Cc2csc(NC(=O)CCc3ncc(-c4ccc(F)cc4)o3)n2)C[C@@H](C)O1. The smallest absolute Gasteiger partial charge is 0.226 e. The van der Waals surface area contributed by atoms with E-state index in [1.54, 1.807) is 18.3 Å². The molecule has 1 amide bonds. The van der Waals surface area contributed by atoms with E-state index in [2.05, 4.69) is 34.0 Å². The predicted molar refractivity (Wildman–Crippen MR) is 116 cm³/mol. The van der Waals surface area contributed by atoms with Crippen molar-refractivity contribution in [1.82, 2.24) is 14.9 Å². The summed E-state index contributed by atoms with van der Waals surface area (Å²) in [5.41, 5.74) is 1.68. The largest absolute Gasteiger partial charge is 0.441 e.